The molecule has 0 unspecified atom stereocenters. The molecule has 0 aromatic carbocycles. The molecule has 0 aliphatic heterocycles. The number of hydrogen-bond donors (Lipinski definition) is 3. The predicted molar refractivity (Wildman–Crippen MR) is 71.3 cm³/mol. The van der Waals surface area contributed by atoms with Crippen LogP contribution in [-0.2, 0) is 0 Å². The van der Waals surface area contributed by atoms with Crippen molar-refractivity contribution in [3.8, 4) is 0 Å². The normalized spacial score (nSPS) is 21.7. The van der Waals surface area contributed by atoms with Crippen molar-refractivity contribution in [3.63, 3.8) is 0 Å². The maximum Gasteiger partial charge on any atom is 0.315 e. The summed E-state index contributed by atoms with van der Waals surface area (Å²) in [4.78, 5) is 11.8. The lowest BCUT2D eigenvalue weighted by Gasteiger charge is -2.30. The quantitative estimate of drug-likeness (QED) is 0.703. The smallest absolute Gasteiger partial charge is 0.315 e. The maximum atomic E-state index is 11.8. The second-order valence-electron chi connectivity index (χ2n) is 5.74. The van der Waals surface area contributed by atoms with Gasteiger partial charge >= 0.3 is 6.03 Å². The number of aliphatic hydroxyl groups excluding tert-OH is 1. The van der Waals surface area contributed by atoms with Gasteiger partial charge in [-0.25, -0.2) is 4.79 Å². The Labute approximate surface area is 110 Å². The zero-order valence-corrected chi connectivity index (χ0v) is 11.2. The Balaban J connectivity index is 1.88. The van der Waals surface area contributed by atoms with Crippen LogP contribution < -0.4 is 10.6 Å². The summed E-state index contributed by atoms with van der Waals surface area (Å²) < 4.78 is 0. The van der Waals surface area contributed by atoms with Crippen LogP contribution in [0.25, 0.3) is 0 Å². The van der Waals surface area contributed by atoms with Crippen LogP contribution >= 0.6 is 0 Å². The van der Waals surface area contributed by atoms with Crippen molar-refractivity contribution < 1.29 is 9.90 Å². The third kappa shape index (κ3) is 3.61. The first kappa shape index (κ1) is 13.7. The lowest BCUT2D eigenvalue weighted by molar-refractivity contribution is 0.211. The van der Waals surface area contributed by atoms with Crippen molar-refractivity contribution >= 4 is 6.03 Å². The van der Waals surface area contributed by atoms with Gasteiger partial charge in [0.05, 0.1) is 6.61 Å². The summed E-state index contributed by atoms with van der Waals surface area (Å²) in [6, 6.07) is 0.251. The molecule has 0 spiro atoms. The van der Waals surface area contributed by atoms with E-state index in [4.69, 9.17) is 5.11 Å². The summed E-state index contributed by atoms with van der Waals surface area (Å²) in [6.45, 7) is 0.346. The van der Waals surface area contributed by atoms with Crippen molar-refractivity contribution in [2.24, 2.45) is 11.8 Å². The number of urea groups is 1. The van der Waals surface area contributed by atoms with Crippen LogP contribution in [0.15, 0.2) is 0 Å². The molecule has 0 heterocycles. The number of rotatable bonds is 5. The Morgan fingerprint density at radius 3 is 2.00 bits per heavy atom. The second-order valence-corrected chi connectivity index (χ2v) is 5.74. The Hall–Kier alpha value is -0.770. The largest absolute Gasteiger partial charge is 0.395 e. The summed E-state index contributed by atoms with van der Waals surface area (Å²) in [7, 11) is 0. The van der Waals surface area contributed by atoms with E-state index in [-0.39, 0.29) is 12.6 Å². The molecule has 2 aliphatic carbocycles. The second kappa shape index (κ2) is 6.98. The molecule has 104 valence electrons. The molecular formula is C14H26N2O2. The fraction of sp³-hybridized carbons (Fsp3) is 0.929. The molecule has 0 bridgehead atoms. The molecule has 4 nitrogen and oxygen atoms in total. The monoisotopic (exact) mass is 254 g/mol. The molecular weight excluding hydrogens is 228 g/mol. The van der Waals surface area contributed by atoms with Gasteiger partial charge in [0.15, 0.2) is 0 Å². The van der Waals surface area contributed by atoms with Crippen LogP contribution in [0, 0.1) is 11.8 Å². The molecule has 0 radical (unpaired) electrons. The number of hydrogen-bond acceptors (Lipinski definition) is 2. The molecule has 2 aliphatic rings. The average molecular weight is 254 g/mol. The van der Waals surface area contributed by atoms with Gasteiger partial charge in [0, 0.05) is 12.6 Å². The highest BCUT2D eigenvalue weighted by atomic mass is 16.3. The number of carbonyl (C=O) groups excluding carboxylic acids is 1. The lowest BCUT2D eigenvalue weighted by atomic mass is 9.86. The van der Waals surface area contributed by atoms with E-state index in [0.29, 0.717) is 24.4 Å². The van der Waals surface area contributed by atoms with Gasteiger partial charge < -0.3 is 15.7 Å². The van der Waals surface area contributed by atoms with Gasteiger partial charge in [-0.15, -0.1) is 0 Å². The minimum absolute atomic E-state index is 0.00490. The SMILES string of the molecule is O=C(NCCO)NC(C1CCCC1)C1CCCC1. The summed E-state index contributed by atoms with van der Waals surface area (Å²) >= 11 is 0. The number of carbonyl (C=O) groups is 1. The molecule has 0 saturated heterocycles. The number of nitrogens with one attached hydrogen (secondary N) is 2. The van der Waals surface area contributed by atoms with Gasteiger partial charge in [0.2, 0.25) is 0 Å². The molecule has 2 rings (SSSR count). The van der Waals surface area contributed by atoms with E-state index in [9.17, 15) is 4.79 Å². The third-order valence-electron chi connectivity index (χ3n) is 4.51. The summed E-state index contributed by atoms with van der Waals surface area (Å²) in [5, 5.41) is 14.6. The van der Waals surface area contributed by atoms with Gasteiger partial charge in [0.1, 0.15) is 0 Å². The Morgan fingerprint density at radius 2 is 1.56 bits per heavy atom. The first-order valence-corrected chi connectivity index (χ1v) is 7.46. The van der Waals surface area contributed by atoms with Crippen molar-refractivity contribution in [1.82, 2.24) is 10.6 Å². The van der Waals surface area contributed by atoms with Crippen LogP contribution in [0.3, 0.4) is 0 Å². The summed E-state index contributed by atoms with van der Waals surface area (Å²) in [6.07, 6.45) is 10.3. The average Bonchev–Trinajstić information content (AvgIpc) is 3.05. The van der Waals surface area contributed by atoms with E-state index >= 15 is 0 Å². The van der Waals surface area contributed by atoms with Gasteiger partial charge in [-0.1, -0.05) is 25.7 Å². The van der Waals surface area contributed by atoms with Gasteiger partial charge in [-0.2, -0.15) is 0 Å². The van der Waals surface area contributed by atoms with Crippen LogP contribution in [0.1, 0.15) is 51.4 Å². The molecule has 2 fully saturated rings. The van der Waals surface area contributed by atoms with E-state index in [2.05, 4.69) is 10.6 Å². The Bertz CT molecular complexity index is 243. The standard InChI is InChI=1S/C14H26N2O2/c17-10-9-15-14(18)16-13(11-5-1-2-6-11)12-7-3-4-8-12/h11-13,17H,1-10H2,(H2,15,16,18). The van der Waals surface area contributed by atoms with Crippen LogP contribution in [0.2, 0.25) is 0 Å². The van der Waals surface area contributed by atoms with E-state index in [0.717, 1.165) is 0 Å². The van der Waals surface area contributed by atoms with E-state index < -0.39 is 0 Å². The number of amides is 2. The summed E-state index contributed by atoms with van der Waals surface area (Å²) in [5.41, 5.74) is 0. The molecule has 18 heavy (non-hydrogen) atoms. The van der Waals surface area contributed by atoms with Crippen molar-refractivity contribution in [1.29, 1.82) is 0 Å². The minimum atomic E-state index is -0.104. The first-order chi connectivity index (χ1) is 8.81. The Morgan fingerprint density at radius 1 is 1.06 bits per heavy atom. The molecule has 0 aromatic rings. The van der Waals surface area contributed by atoms with Crippen LogP contribution in [0.4, 0.5) is 4.79 Å². The molecule has 2 saturated carbocycles. The maximum absolute atomic E-state index is 11.8. The lowest BCUT2D eigenvalue weighted by Crippen LogP contribution is -2.48. The van der Waals surface area contributed by atoms with Crippen molar-refractivity contribution in [2.75, 3.05) is 13.2 Å². The van der Waals surface area contributed by atoms with E-state index in [1.165, 1.54) is 51.4 Å². The molecule has 0 aromatic heterocycles. The molecule has 0 atom stereocenters. The first-order valence-electron chi connectivity index (χ1n) is 7.46. The predicted octanol–water partition coefficient (Wildman–Crippen LogP) is 2.03. The summed E-state index contributed by atoms with van der Waals surface area (Å²) in [5.74, 6) is 1.35. The zero-order valence-electron chi connectivity index (χ0n) is 11.2. The van der Waals surface area contributed by atoms with E-state index in [1.54, 1.807) is 0 Å². The third-order valence-corrected chi connectivity index (χ3v) is 4.51. The highest BCUT2D eigenvalue weighted by molar-refractivity contribution is 5.74. The van der Waals surface area contributed by atoms with Crippen LogP contribution in [0.5, 0.6) is 0 Å². The Kier molecular flexibility index (Phi) is 5.29. The van der Waals surface area contributed by atoms with Crippen molar-refractivity contribution in [2.45, 2.75) is 57.4 Å². The van der Waals surface area contributed by atoms with Crippen LogP contribution in [-0.4, -0.2) is 30.3 Å². The topological polar surface area (TPSA) is 61.4 Å². The van der Waals surface area contributed by atoms with E-state index in [1.807, 2.05) is 0 Å². The minimum Gasteiger partial charge on any atom is -0.395 e. The molecule has 4 heteroatoms. The molecule has 3 N–H and O–H groups in total. The van der Waals surface area contributed by atoms with Gasteiger partial charge in [-0.3, -0.25) is 0 Å². The fourth-order valence-electron chi connectivity index (χ4n) is 3.63. The van der Waals surface area contributed by atoms with Gasteiger partial charge in [-0.05, 0) is 37.5 Å². The zero-order chi connectivity index (χ0) is 12.8. The van der Waals surface area contributed by atoms with Gasteiger partial charge in [0.25, 0.3) is 0 Å². The molecule has 2 amide bonds. The fourth-order valence-corrected chi connectivity index (χ4v) is 3.63. The number of aliphatic hydroxyl groups is 1. The highest BCUT2D eigenvalue weighted by Crippen LogP contribution is 2.37. The highest BCUT2D eigenvalue weighted by Gasteiger charge is 2.33. The van der Waals surface area contributed by atoms with Crippen molar-refractivity contribution in [3.05, 3.63) is 0 Å².